The largest absolute Gasteiger partial charge is 0.321 e. The van der Waals surface area contributed by atoms with Crippen molar-refractivity contribution in [3.05, 3.63) is 0 Å². The number of rotatable bonds is 2. The van der Waals surface area contributed by atoms with E-state index in [0.29, 0.717) is 0 Å². The predicted octanol–water partition coefficient (Wildman–Crippen LogP) is 0.613. The summed E-state index contributed by atoms with van der Waals surface area (Å²) in [5.74, 6) is 0.820. The van der Waals surface area contributed by atoms with E-state index in [4.69, 9.17) is 5.73 Å². The summed E-state index contributed by atoms with van der Waals surface area (Å²) in [4.78, 5) is 10.6. The molecule has 0 saturated heterocycles. The van der Waals surface area contributed by atoms with Gasteiger partial charge in [-0.15, -0.1) is 0 Å². The van der Waals surface area contributed by atoms with Crippen LogP contribution in [0.4, 0.5) is 0 Å². The third kappa shape index (κ3) is 3.04. The van der Waals surface area contributed by atoms with Gasteiger partial charge in [0.25, 0.3) is 0 Å². The average molecular weight is 133 g/mol. The third-order valence-electron chi connectivity index (χ3n) is 0.658. The molecule has 0 aromatic heterocycles. The second-order valence-electron chi connectivity index (χ2n) is 1.54. The minimum Gasteiger partial charge on any atom is -0.321 e. The van der Waals surface area contributed by atoms with Crippen molar-refractivity contribution >= 4 is 16.9 Å². The molecule has 0 heterocycles. The highest BCUT2D eigenvalue weighted by molar-refractivity contribution is 8.13. The molecule has 48 valence electrons. The Balaban J connectivity index is 3.33. The first-order chi connectivity index (χ1) is 3.68. The van der Waals surface area contributed by atoms with E-state index in [0.717, 1.165) is 5.75 Å². The van der Waals surface area contributed by atoms with Crippen LogP contribution in [0.2, 0.25) is 0 Å². The van der Waals surface area contributed by atoms with E-state index in [1.165, 1.54) is 11.8 Å². The van der Waals surface area contributed by atoms with Crippen molar-refractivity contribution in [2.24, 2.45) is 5.73 Å². The molecule has 0 bridgehead atoms. The van der Waals surface area contributed by atoms with Crippen LogP contribution in [-0.2, 0) is 4.79 Å². The molecule has 0 amide bonds. The fraction of sp³-hybridized carbons (Fsp3) is 0.800. The molecule has 0 aromatic carbocycles. The first kappa shape index (κ1) is 7.98. The molecule has 3 heteroatoms. The topological polar surface area (TPSA) is 43.1 Å². The average Bonchev–Trinajstić information content (AvgIpc) is 1.67. The number of thioether (sulfide) groups is 1. The Bertz CT molecular complexity index is 82.5. The maximum atomic E-state index is 10.6. The summed E-state index contributed by atoms with van der Waals surface area (Å²) in [6.07, 6.45) is 0. The fourth-order valence-corrected chi connectivity index (χ4v) is 0.821. The molecule has 0 radical (unpaired) electrons. The van der Waals surface area contributed by atoms with E-state index < -0.39 is 0 Å². The number of hydrogen-bond acceptors (Lipinski definition) is 3. The molecule has 0 aliphatic carbocycles. The first-order valence-corrected chi connectivity index (χ1v) is 3.59. The monoisotopic (exact) mass is 133 g/mol. The lowest BCUT2D eigenvalue weighted by atomic mass is 10.4. The van der Waals surface area contributed by atoms with Crippen LogP contribution in [0.5, 0.6) is 0 Å². The van der Waals surface area contributed by atoms with E-state index in [9.17, 15) is 4.79 Å². The van der Waals surface area contributed by atoms with Crippen LogP contribution in [0, 0.1) is 0 Å². The standard InChI is InChI=1S/C5H11NOS/c1-3-8-5(7)4(2)6/h4H,3,6H2,1-2H3. The van der Waals surface area contributed by atoms with Crippen molar-refractivity contribution in [3.63, 3.8) is 0 Å². The molecule has 0 saturated carbocycles. The summed E-state index contributed by atoms with van der Waals surface area (Å²) >= 11 is 1.28. The number of nitrogens with two attached hydrogens (primary N) is 1. The second-order valence-corrected chi connectivity index (χ2v) is 2.81. The van der Waals surface area contributed by atoms with Crippen LogP contribution in [0.15, 0.2) is 0 Å². The van der Waals surface area contributed by atoms with Gasteiger partial charge in [-0.1, -0.05) is 18.7 Å². The quantitative estimate of drug-likeness (QED) is 0.600. The fourth-order valence-electron chi connectivity index (χ4n) is 0.274. The third-order valence-corrected chi connectivity index (χ3v) is 1.60. The van der Waals surface area contributed by atoms with Crippen LogP contribution >= 0.6 is 11.8 Å². The summed E-state index contributed by atoms with van der Waals surface area (Å²) < 4.78 is 0. The Morgan fingerprint density at radius 2 is 2.38 bits per heavy atom. The summed E-state index contributed by atoms with van der Waals surface area (Å²) in [7, 11) is 0. The zero-order valence-electron chi connectivity index (χ0n) is 5.18. The van der Waals surface area contributed by atoms with Gasteiger partial charge >= 0.3 is 0 Å². The SMILES string of the molecule is CCSC(=O)C(C)N. The Labute approximate surface area is 53.8 Å². The van der Waals surface area contributed by atoms with Crippen molar-refractivity contribution in [1.29, 1.82) is 0 Å². The van der Waals surface area contributed by atoms with E-state index in [1.54, 1.807) is 6.92 Å². The van der Waals surface area contributed by atoms with Crippen LogP contribution in [0.3, 0.4) is 0 Å². The Kier molecular flexibility index (Phi) is 3.91. The molecule has 8 heavy (non-hydrogen) atoms. The van der Waals surface area contributed by atoms with Gasteiger partial charge in [0.1, 0.15) is 0 Å². The maximum Gasteiger partial charge on any atom is 0.205 e. The Morgan fingerprint density at radius 3 is 2.50 bits per heavy atom. The minimum atomic E-state index is -0.306. The Morgan fingerprint density at radius 1 is 1.88 bits per heavy atom. The van der Waals surface area contributed by atoms with E-state index in [-0.39, 0.29) is 11.2 Å². The molecule has 0 aliphatic rings. The van der Waals surface area contributed by atoms with Crippen molar-refractivity contribution in [2.75, 3.05) is 5.75 Å². The molecule has 2 nitrogen and oxygen atoms in total. The van der Waals surface area contributed by atoms with Gasteiger partial charge < -0.3 is 5.73 Å². The number of carbonyl (C=O) groups is 1. The lowest BCUT2D eigenvalue weighted by Gasteiger charge is -1.98. The van der Waals surface area contributed by atoms with Crippen molar-refractivity contribution < 1.29 is 4.79 Å². The van der Waals surface area contributed by atoms with E-state index in [2.05, 4.69) is 0 Å². The molecule has 0 aromatic rings. The molecule has 1 unspecified atom stereocenters. The molecule has 0 fully saturated rings. The second kappa shape index (κ2) is 3.92. The summed E-state index contributed by atoms with van der Waals surface area (Å²) in [6, 6.07) is -0.306. The molecule has 2 N–H and O–H groups in total. The highest BCUT2D eigenvalue weighted by Crippen LogP contribution is 2.01. The predicted molar refractivity (Wildman–Crippen MR) is 36.8 cm³/mol. The maximum absolute atomic E-state index is 10.6. The first-order valence-electron chi connectivity index (χ1n) is 2.60. The van der Waals surface area contributed by atoms with Gasteiger partial charge in [0, 0.05) is 0 Å². The molecule has 0 aliphatic heterocycles. The van der Waals surface area contributed by atoms with Gasteiger partial charge in [-0.2, -0.15) is 0 Å². The van der Waals surface area contributed by atoms with Gasteiger partial charge in [0.05, 0.1) is 6.04 Å². The molecular formula is C5H11NOS. The lowest BCUT2D eigenvalue weighted by molar-refractivity contribution is -0.111. The molecule has 1 atom stereocenters. The van der Waals surface area contributed by atoms with E-state index >= 15 is 0 Å². The minimum absolute atomic E-state index is 0.0764. The highest BCUT2D eigenvalue weighted by atomic mass is 32.2. The number of carbonyl (C=O) groups excluding carboxylic acids is 1. The highest BCUT2D eigenvalue weighted by Gasteiger charge is 2.04. The van der Waals surface area contributed by atoms with Gasteiger partial charge in [-0.3, -0.25) is 4.79 Å². The normalized spacial score (nSPS) is 13.4. The van der Waals surface area contributed by atoms with Crippen molar-refractivity contribution in [3.8, 4) is 0 Å². The zero-order valence-corrected chi connectivity index (χ0v) is 5.99. The van der Waals surface area contributed by atoms with Crippen LogP contribution in [0.1, 0.15) is 13.8 Å². The molecular weight excluding hydrogens is 122 g/mol. The zero-order chi connectivity index (χ0) is 6.57. The van der Waals surface area contributed by atoms with Gasteiger partial charge in [0.2, 0.25) is 5.12 Å². The van der Waals surface area contributed by atoms with Crippen LogP contribution in [0.25, 0.3) is 0 Å². The van der Waals surface area contributed by atoms with Crippen LogP contribution in [-0.4, -0.2) is 16.9 Å². The van der Waals surface area contributed by atoms with Crippen LogP contribution < -0.4 is 5.73 Å². The Hall–Kier alpha value is -0.0200. The lowest BCUT2D eigenvalue weighted by Crippen LogP contribution is -2.23. The van der Waals surface area contributed by atoms with Gasteiger partial charge in [-0.25, -0.2) is 0 Å². The van der Waals surface area contributed by atoms with Crippen molar-refractivity contribution in [2.45, 2.75) is 19.9 Å². The summed E-state index contributed by atoms with van der Waals surface area (Å²) in [5, 5.41) is 0.0764. The summed E-state index contributed by atoms with van der Waals surface area (Å²) in [6.45, 7) is 3.63. The smallest absolute Gasteiger partial charge is 0.205 e. The molecule has 0 rings (SSSR count). The summed E-state index contributed by atoms with van der Waals surface area (Å²) in [5.41, 5.74) is 5.25. The van der Waals surface area contributed by atoms with E-state index in [1.807, 2.05) is 6.92 Å². The van der Waals surface area contributed by atoms with Gasteiger partial charge in [-0.05, 0) is 12.7 Å². The van der Waals surface area contributed by atoms with Crippen molar-refractivity contribution in [1.82, 2.24) is 0 Å². The molecule has 0 spiro atoms. The van der Waals surface area contributed by atoms with Gasteiger partial charge in [0.15, 0.2) is 0 Å². The number of hydrogen-bond donors (Lipinski definition) is 1.